The smallest absolute Gasteiger partial charge is 0.311 e. The molecule has 0 fully saturated rings. The first kappa shape index (κ1) is 9.32. The average Bonchev–Trinajstić information content (AvgIpc) is 2.67. The number of carbonyl (C=O) groups is 1. The number of carboxylic acid groups (broad SMARTS) is 1. The number of nitrogens with zero attached hydrogens (tertiary/aromatic N) is 3. The lowest BCUT2D eigenvalue weighted by atomic mass is 10.3. The molecule has 0 amide bonds. The van der Waals surface area contributed by atoms with Crippen molar-refractivity contribution in [3.63, 3.8) is 0 Å². The minimum absolute atomic E-state index is 0.161. The van der Waals surface area contributed by atoms with Gasteiger partial charge in [-0.3, -0.25) is 9.78 Å². The molecule has 6 heteroatoms. The van der Waals surface area contributed by atoms with Crippen molar-refractivity contribution >= 4 is 5.97 Å². The van der Waals surface area contributed by atoms with Crippen LogP contribution in [0.2, 0.25) is 0 Å². The number of carboxylic acids is 1. The van der Waals surface area contributed by atoms with Crippen molar-refractivity contribution in [3.05, 3.63) is 30.4 Å². The maximum absolute atomic E-state index is 10.4. The van der Waals surface area contributed by atoms with Crippen molar-refractivity contribution in [2.75, 3.05) is 0 Å². The quantitative estimate of drug-likeness (QED) is 0.795. The van der Waals surface area contributed by atoms with Crippen molar-refractivity contribution < 1.29 is 14.4 Å². The first-order valence-electron chi connectivity index (χ1n) is 4.20. The Morgan fingerprint density at radius 3 is 2.80 bits per heavy atom. The third-order valence-electron chi connectivity index (χ3n) is 1.70. The fourth-order valence-electron chi connectivity index (χ4n) is 1.07. The van der Waals surface area contributed by atoms with Crippen molar-refractivity contribution in [2.24, 2.45) is 0 Å². The lowest BCUT2D eigenvalue weighted by Gasteiger charge is -1.89. The largest absolute Gasteiger partial charge is 0.481 e. The van der Waals surface area contributed by atoms with Gasteiger partial charge < -0.3 is 9.63 Å². The molecule has 0 radical (unpaired) electrons. The van der Waals surface area contributed by atoms with Gasteiger partial charge in [0.15, 0.2) is 5.82 Å². The van der Waals surface area contributed by atoms with Crippen LogP contribution in [0.4, 0.5) is 0 Å². The van der Waals surface area contributed by atoms with Gasteiger partial charge in [0.2, 0.25) is 0 Å². The van der Waals surface area contributed by atoms with Crippen LogP contribution in [0, 0.1) is 0 Å². The number of hydrogen-bond donors (Lipinski definition) is 1. The van der Waals surface area contributed by atoms with E-state index in [2.05, 4.69) is 15.1 Å². The molecule has 0 atom stereocenters. The second kappa shape index (κ2) is 3.87. The van der Waals surface area contributed by atoms with Crippen LogP contribution < -0.4 is 0 Å². The highest BCUT2D eigenvalue weighted by molar-refractivity contribution is 5.69. The highest BCUT2D eigenvalue weighted by Gasteiger charge is 2.10. The van der Waals surface area contributed by atoms with Crippen LogP contribution in [0.15, 0.2) is 29.0 Å². The van der Waals surface area contributed by atoms with Crippen molar-refractivity contribution in [3.8, 4) is 11.5 Å². The Balaban J connectivity index is 2.24. The monoisotopic (exact) mass is 205 g/mol. The normalized spacial score (nSPS) is 10.1. The summed E-state index contributed by atoms with van der Waals surface area (Å²) >= 11 is 0. The Morgan fingerprint density at radius 2 is 2.13 bits per heavy atom. The summed E-state index contributed by atoms with van der Waals surface area (Å²) in [5, 5.41) is 12.1. The molecule has 0 saturated heterocycles. The van der Waals surface area contributed by atoms with E-state index < -0.39 is 5.97 Å². The fraction of sp³-hybridized carbons (Fsp3) is 0.111. The topological polar surface area (TPSA) is 89.1 Å². The van der Waals surface area contributed by atoms with E-state index in [9.17, 15) is 4.79 Å². The number of aromatic nitrogens is 3. The highest BCUT2D eigenvalue weighted by atomic mass is 16.5. The molecular weight excluding hydrogens is 198 g/mol. The van der Waals surface area contributed by atoms with Gasteiger partial charge in [0, 0.05) is 18.0 Å². The average molecular weight is 205 g/mol. The van der Waals surface area contributed by atoms with E-state index in [1.54, 1.807) is 24.5 Å². The maximum atomic E-state index is 10.4. The van der Waals surface area contributed by atoms with Gasteiger partial charge in [-0.15, -0.1) is 0 Å². The van der Waals surface area contributed by atoms with Crippen LogP contribution in [0.25, 0.3) is 11.5 Å². The third-order valence-corrected chi connectivity index (χ3v) is 1.70. The fourth-order valence-corrected chi connectivity index (χ4v) is 1.07. The van der Waals surface area contributed by atoms with Crippen LogP contribution in [0.5, 0.6) is 0 Å². The third kappa shape index (κ3) is 2.16. The molecule has 0 aromatic carbocycles. The van der Waals surface area contributed by atoms with Crippen molar-refractivity contribution in [1.29, 1.82) is 0 Å². The summed E-state index contributed by atoms with van der Waals surface area (Å²) in [4.78, 5) is 18.2. The Kier molecular flexibility index (Phi) is 2.40. The predicted octanol–water partition coefficient (Wildman–Crippen LogP) is 0.759. The number of pyridine rings is 1. The second-order valence-electron chi connectivity index (χ2n) is 2.82. The standard InChI is InChI=1S/C9H7N3O3/c13-8(14)5-7-11-9(15-12-7)6-1-3-10-4-2-6/h1-4H,5H2,(H,13,14). The van der Waals surface area contributed by atoms with E-state index in [0.29, 0.717) is 11.5 Å². The minimum atomic E-state index is -0.989. The summed E-state index contributed by atoms with van der Waals surface area (Å²) in [5.74, 6) is -0.528. The van der Waals surface area contributed by atoms with Crippen LogP contribution >= 0.6 is 0 Å². The molecule has 0 unspecified atom stereocenters. The van der Waals surface area contributed by atoms with E-state index in [4.69, 9.17) is 9.63 Å². The van der Waals surface area contributed by atoms with Crippen LogP contribution in [0.1, 0.15) is 5.82 Å². The molecule has 0 spiro atoms. The zero-order valence-electron chi connectivity index (χ0n) is 7.62. The van der Waals surface area contributed by atoms with Gasteiger partial charge in [0.25, 0.3) is 5.89 Å². The highest BCUT2D eigenvalue weighted by Crippen LogP contribution is 2.15. The minimum Gasteiger partial charge on any atom is -0.481 e. The first-order valence-corrected chi connectivity index (χ1v) is 4.20. The molecule has 2 aromatic heterocycles. The van der Waals surface area contributed by atoms with Crippen molar-refractivity contribution in [2.45, 2.75) is 6.42 Å². The van der Waals surface area contributed by atoms with Gasteiger partial charge in [-0.05, 0) is 12.1 Å². The molecule has 0 aliphatic carbocycles. The molecule has 2 heterocycles. The Labute approximate surface area is 84.6 Å². The van der Waals surface area contributed by atoms with Gasteiger partial charge in [-0.2, -0.15) is 4.98 Å². The maximum Gasteiger partial charge on any atom is 0.311 e. The van der Waals surface area contributed by atoms with Gasteiger partial charge in [0.05, 0.1) is 0 Å². The number of hydrogen-bond acceptors (Lipinski definition) is 5. The molecule has 2 rings (SSSR count). The molecule has 2 aromatic rings. The van der Waals surface area contributed by atoms with E-state index in [0.717, 1.165) is 0 Å². The molecule has 6 nitrogen and oxygen atoms in total. The molecule has 15 heavy (non-hydrogen) atoms. The SMILES string of the molecule is O=C(O)Cc1noc(-c2ccncc2)n1. The Hall–Kier alpha value is -2.24. The van der Waals surface area contributed by atoms with Gasteiger partial charge in [-0.1, -0.05) is 5.16 Å². The zero-order chi connectivity index (χ0) is 10.7. The van der Waals surface area contributed by atoms with Crippen molar-refractivity contribution in [1.82, 2.24) is 15.1 Å². The first-order chi connectivity index (χ1) is 7.25. The summed E-state index contributed by atoms with van der Waals surface area (Å²) in [6.45, 7) is 0. The molecule has 0 saturated carbocycles. The Bertz CT molecular complexity index is 466. The molecule has 0 aliphatic heterocycles. The Morgan fingerprint density at radius 1 is 1.40 bits per heavy atom. The summed E-state index contributed by atoms with van der Waals surface area (Å²) in [5.41, 5.74) is 0.717. The number of rotatable bonds is 3. The predicted molar refractivity (Wildman–Crippen MR) is 48.9 cm³/mol. The van der Waals surface area contributed by atoms with E-state index >= 15 is 0 Å². The molecule has 1 N–H and O–H groups in total. The molecular formula is C9H7N3O3. The van der Waals surface area contributed by atoms with E-state index in [1.807, 2.05) is 0 Å². The van der Waals surface area contributed by atoms with Crippen LogP contribution in [-0.2, 0) is 11.2 Å². The summed E-state index contributed by atoms with van der Waals surface area (Å²) < 4.78 is 4.90. The van der Waals surface area contributed by atoms with Crippen LogP contribution in [-0.4, -0.2) is 26.2 Å². The molecule has 0 bridgehead atoms. The zero-order valence-corrected chi connectivity index (χ0v) is 7.62. The summed E-state index contributed by atoms with van der Waals surface area (Å²) in [6, 6.07) is 3.41. The van der Waals surface area contributed by atoms with Gasteiger partial charge in [-0.25, -0.2) is 0 Å². The van der Waals surface area contributed by atoms with Crippen LogP contribution in [0.3, 0.4) is 0 Å². The van der Waals surface area contributed by atoms with E-state index in [-0.39, 0.29) is 12.2 Å². The summed E-state index contributed by atoms with van der Waals surface area (Å²) in [7, 11) is 0. The molecule has 0 aliphatic rings. The summed E-state index contributed by atoms with van der Waals surface area (Å²) in [6.07, 6.45) is 2.95. The van der Waals surface area contributed by atoms with Gasteiger partial charge in [0.1, 0.15) is 6.42 Å². The lowest BCUT2D eigenvalue weighted by Crippen LogP contribution is -2.01. The van der Waals surface area contributed by atoms with E-state index in [1.165, 1.54) is 0 Å². The second-order valence-corrected chi connectivity index (χ2v) is 2.82. The molecule has 76 valence electrons. The number of aliphatic carboxylic acids is 1. The van der Waals surface area contributed by atoms with Gasteiger partial charge >= 0.3 is 5.97 Å². The lowest BCUT2D eigenvalue weighted by molar-refractivity contribution is -0.136.